The molecule has 0 bridgehead atoms. The van der Waals surface area contributed by atoms with Gasteiger partial charge in [0.15, 0.2) is 0 Å². The molecule has 0 unspecified atom stereocenters. The van der Waals surface area contributed by atoms with Gasteiger partial charge in [0.2, 0.25) is 0 Å². The monoisotopic (exact) mass is 462 g/mol. The van der Waals surface area contributed by atoms with E-state index >= 15 is 0 Å². The smallest absolute Gasteiger partial charge is 0.311 e. The molecule has 1 aromatic carbocycles. The number of aromatic hydroxyl groups is 1. The summed E-state index contributed by atoms with van der Waals surface area (Å²) in [6, 6.07) is 3.43. The quantitative estimate of drug-likeness (QED) is 0.517. The number of aliphatic hydroxyl groups is 1. The largest absolute Gasteiger partial charge is 0.508 e. The molecular formula is C25H34O8. The van der Waals surface area contributed by atoms with Gasteiger partial charge in [-0.05, 0) is 42.9 Å². The van der Waals surface area contributed by atoms with Crippen LogP contribution in [-0.2, 0) is 34.0 Å². The van der Waals surface area contributed by atoms with E-state index < -0.39 is 53.0 Å². The van der Waals surface area contributed by atoms with Crippen molar-refractivity contribution >= 4 is 17.9 Å². The molecule has 8 nitrogen and oxygen atoms in total. The zero-order chi connectivity index (χ0) is 24.9. The molecule has 182 valence electrons. The van der Waals surface area contributed by atoms with Crippen molar-refractivity contribution in [3.8, 4) is 5.75 Å². The number of aliphatic hydroxyl groups excluding tert-OH is 1. The molecule has 0 spiro atoms. The fourth-order valence-corrected chi connectivity index (χ4v) is 6.12. The van der Waals surface area contributed by atoms with Crippen LogP contribution in [0.15, 0.2) is 12.1 Å². The van der Waals surface area contributed by atoms with Crippen molar-refractivity contribution in [2.24, 2.45) is 11.3 Å². The summed E-state index contributed by atoms with van der Waals surface area (Å²) in [7, 11) is 1.28. The lowest BCUT2D eigenvalue weighted by atomic mass is 9.47. The van der Waals surface area contributed by atoms with Gasteiger partial charge in [0.05, 0.1) is 12.5 Å². The van der Waals surface area contributed by atoms with E-state index in [0.29, 0.717) is 17.5 Å². The molecule has 2 aliphatic carbocycles. The second-order valence-electron chi connectivity index (χ2n) is 9.98. The zero-order valence-electron chi connectivity index (χ0n) is 20.3. The number of benzene rings is 1. The normalized spacial score (nSPS) is 33.0. The molecule has 0 aromatic heterocycles. The number of carbonyl (C=O) groups excluding carboxylic acids is 3. The van der Waals surface area contributed by atoms with Crippen LogP contribution in [0.1, 0.15) is 83.1 Å². The summed E-state index contributed by atoms with van der Waals surface area (Å²) in [5, 5.41) is 22.7. The van der Waals surface area contributed by atoms with Crippen molar-refractivity contribution in [3.05, 3.63) is 28.8 Å². The third-order valence-electron chi connectivity index (χ3n) is 7.52. The first kappa shape index (κ1) is 25.0. The predicted molar refractivity (Wildman–Crippen MR) is 118 cm³/mol. The maximum absolute atomic E-state index is 13.1. The summed E-state index contributed by atoms with van der Waals surface area (Å²) in [6.45, 7) is 9.96. The molecule has 8 heteroatoms. The maximum Gasteiger partial charge on any atom is 0.311 e. The average molecular weight is 463 g/mol. The highest BCUT2D eigenvalue weighted by molar-refractivity contribution is 5.78. The van der Waals surface area contributed by atoms with Crippen LogP contribution in [0.2, 0.25) is 0 Å². The van der Waals surface area contributed by atoms with Crippen LogP contribution in [0.5, 0.6) is 5.75 Å². The summed E-state index contributed by atoms with van der Waals surface area (Å²) in [5.74, 6) is -2.48. The minimum atomic E-state index is -1.30. The Labute approximate surface area is 194 Å². The Hall–Kier alpha value is -2.61. The molecule has 0 amide bonds. The van der Waals surface area contributed by atoms with Gasteiger partial charge in [0.1, 0.15) is 24.1 Å². The molecule has 1 fully saturated rings. The van der Waals surface area contributed by atoms with E-state index in [1.54, 1.807) is 26.0 Å². The fourth-order valence-electron chi connectivity index (χ4n) is 6.12. The third-order valence-corrected chi connectivity index (χ3v) is 7.52. The number of ether oxygens (including phenoxy) is 3. The second kappa shape index (κ2) is 8.63. The molecule has 33 heavy (non-hydrogen) atoms. The number of phenols is 1. The van der Waals surface area contributed by atoms with Gasteiger partial charge < -0.3 is 24.4 Å². The number of phenolic OH excluding ortho intramolecular Hbond substituents is 1. The molecular weight excluding hydrogens is 428 g/mol. The summed E-state index contributed by atoms with van der Waals surface area (Å²) < 4.78 is 16.5. The van der Waals surface area contributed by atoms with Gasteiger partial charge in [0.25, 0.3) is 0 Å². The Morgan fingerprint density at radius 2 is 1.70 bits per heavy atom. The van der Waals surface area contributed by atoms with E-state index in [4.69, 9.17) is 14.2 Å². The minimum Gasteiger partial charge on any atom is -0.508 e. The molecule has 2 N–H and O–H groups in total. The van der Waals surface area contributed by atoms with Crippen molar-refractivity contribution < 1.29 is 38.8 Å². The molecule has 0 heterocycles. The van der Waals surface area contributed by atoms with Crippen molar-refractivity contribution in [1.82, 2.24) is 0 Å². The number of esters is 3. The molecule has 3 rings (SSSR count). The molecule has 1 aromatic rings. The van der Waals surface area contributed by atoms with Gasteiger partial charge in [0, 0.05) is 30.7 Å². The fraction of sp³-hybridized carbons (Fsp3) is 0.640. The third kappa shape index (κ3) is 3.88. The molecule has 0 saturated heterocycles. The van der Waals surface area contributed by atoms with Crippen molar-refractivity contribution in [3.63, 3.8) is 0 Å². The van der Waals surface area contributed by atoms with Gasteiger partial charge >= 0.3 is 17.9 Å². The van der Waals surface area contributed by atoms with E-state index in [9.17, 15) is 24.6 Å². The molecule has 6 atom stereocenters. The minimum absolute atomic E-state index is 0.0575. The van der Waals surface area contributed by atoms with Crippen molar-refractivity contribution in [1.29, 1.82) is 0 Å². The van der Waals surface area contributed by atoms with Gasteiger partial charge in [-0.15, -0.1) is 0 Å². The predicted octanol–water partition coefficient (Wildman–Crippen LogP) is 3.27. The van der Waals surface area contributed by atoms with E-state index in [1.165, 1.54) is 21.0 Å². The Kier molecular flexibility index (Phi) is 6.54. The lowest BCUT2D eigenvalue weighted by Crippen LogP contribution is -2.65. The Morgan fingerprint density at radius 3 is 2.21 bits per heavy atom. The summed E-state index contributed by atoms with van der Waals surface area (Å²) in [4.78, 5) is 37.2. The van der Waals surface area contributed by atoms with Crippen LogP contribution >= 0.6 is 0 Å². The SMILES string of the molecule is COC(=O)[C@]1(C)CC[C@H](OC(C)=O)[C@]2(C)c3c(O)cc(C(C)C)cc3[C@H](O)[C@H](OC(C)=O)[C@@H]21. The molecule has 2 aliphatic rings. The van der Waals surface area contributed by atoms with Crippen LogP contribution in [0.3, 0.4) is 0 Å². The number of methoxy groups -OCH3 is 1. The van der Waals surface area contributed by atoms with Crippen molar-refractivity contribution in [2.75, 3.05) is 7.11 Å². The number of carbonyl (C=O) groups is 3. The van der Waals surface area contributed by atoms with Crippen LogP contribution in [-0.4, -0.2) is 47.4 Å². The number of hydrogen-bond donors (Lipinski definition) is 2. The summed E-state index contributed by atoms with van der Waals surface area (Å²) in [5.41, 5.74) is -0.739. The molecule has 1 saturated carbocycles. The van der Waals surface area contributed by atoms with E-state index in [1.807, 2.05) is 13.8 Å². The number of fused-ring (bicyclic) bond motifs is 3. The van der Waals surface area contributed by atoms with Crippen LogP contribution in [0.4, 0.5) is 0 Å². The Balaban J connectivity index is 2.39. The first-order valence-corrected chi connectivity index (χ1v) is 11.3. The summed E-state index contributed by atoms with van der Waals surface area (Å²) in [6.07, 6.45) is -2.54. The standard InChI is InChI=1S/C25H34O8/c1-12(2)15-10-16-19(17(28)11-15)25(6)18(32-13(3)26)8-9-24(5,23(30)31-7)22(25)21(20(16)29)33-14(4)27/h10-12,18,20-22,28-29H,8-9H2,1-7H3/t18-,20-,21-,22+,24+,25+/m0/s1. The first-order chi connectivity index (χ1) is 15.3. The van der Waals surface area contributed by atoms with Gasteiger partial charge in [-0.1, -0.05) is 26.8 Å². The maximum atomic E-state index is 13.1. The number of rotatable bonds is 4. The van der Waals surface area contributed by atoms with Crippen LogP contribution in [0.25, 0.3) is 0 Å². The van der Waals surface area contributed by atoms with E-state index in [2.05, 4.69) is 0 Å². The second-order valence-corrected chi connectivity index (χ2v) is 9.98. The van der Waals surface area contributed by atoms with Gasteiger partial charge in [-0.2, -0.15) is 0 Å². The highest BCUT2D eigenvalue weighted by Crippen LogP contribution is 2.62. The van der Waals surface area contributed by atoms with Gasteiger partial charge in [-0.25, -0.2) is 0 Å². The zero-order valence-corrected chi connectivity index (χ0v) is 20.3. The average Bonchev–Trinajstić information content (AvgIpc) is 2.72. The van der Waals surface area contributed by atoms with Gasteiger partial charge in [-0.3, -0.25) is 14.4 Å². The van der Waals surface area contributed by atoms with Crippen LogP contribution < -0.4 is 0 Å². The van der Waals surface area contributed by atoms with Crippen LogP contribution in [0, 0.1) is 11.3 Å². The lowest BCUT2D eigenvalue weighted by Gasteiger charge is -2.59. The van der Waals surface area contributed by atoms with E-state index in [0.717, 1.165) is 5.56 Å². The van der Waals surface area contributed by atoms with Crippen molar-refractivity contribution in [2.45, 2.75) is 84.0 Å². The Bertz CT molecular complexity index is 969. The molecule has 0 aliphatic heterocycles. The van der Waals surface area contributed by atoms with E-state index in [-0.39, 0.29) is 18.1 Å². The first-order valence-electron chi connectivity index (χ1n) is 11.3. The topological polar surface area (TPSA) is 119 Å². The molecule has 0 radical (unpaired) electrons. The highest BCUT2D eigenvalue weighted by atomic mass is 16.6. The summed E-state index contributed by atoms with van der Waals surface area (Å²) >= 11 is 0. The number of hydrogen-bond acceptors (Lipinski definition) is 8. The highest BCUT2D eigenvalue weighted by Gasteiger charge is 2.67. The lowest BCUT2D eigenvalue weighted by molar-refractivity contribution is -0.204. The Morgan fingerprint density at radius 1 is 1.09 bits per heavy atom.